The van der Waals surface area contributed by atoms with Crippen LogP contribution in [0, 0.1) is 11.6 Å². The Hall–Kier alpha value is -7.80. The second-order valence-electron chi connectivity index (χ2n) is 18.5. The van der Waals surface area contributed by atoms with Gasteiger partial charge in [0.2, 0.25) is 11.9 Å². The number of nitrogens with zero attached hydrogens (tertiary/aromatic N) is 6. The van der Waals surface area contributed by atoms with E-state index in [1.54, 1.807) is 28.0 Å². The van der Waals surface area contributed by atoms with Gasteiger partial charge in [-0.05, 0) is 115 Å². The van der Waals surface area contributed by atoms with Gasteiger partial charge in [0.1, 0.15) is 23.0 Å². The molecular formula is C54H46BBrF2N8O6. The third kappa shape index (κ3) is 9.93. The number of fused-ring (bicyclic) bond motifs is 4. The summed E-state index contributed by atoms with van der Waals surface area (Å²) in [6, 6.07) is 34.8. The molecule has 14 nitrogen and oxygen atoms in total. The van der Waals surface area contributed by atoms with Crippen LogP contribution in [0.3, 0.4) is 0 Å². The third-order valence-corrected chi connectivity index (χ3v) is 13.9. The summed E-state index contributed by atoms with van der Waals surface area (Å²) >= 11 is 3.09. The van der Waals surface area contributed by atoms with Gasteiger partial charge in [0.15, 0.2) is 12.6 Å². The van der Waals surface area contributed by atoms with Crippen molar-refractivity contribution in [2.75, 3.05) is 11.5 Å². The van der Waals surface area contributed by atoms with E-state index in [2.05, 4.69) is 35.9 Å². The van der Waals surface area contributed by atoms with E-state index >= 15 is 0 Å². The number of nitrogens with two attached hydrogens (primary N) is 2. The quantitative estimate of drug-likeness (QED) is 0.119. The summed E-state index contributed by atoms with van der Waals surface area (Å²) in [5, 5.41) is 1.16. The van der Waals surface area contributed by atoms with Gasteiger partial charge in [0, 0.05) is 52.6 Å². The minimum atomic E-state index is -0.536. The van der Waals surface area contributed by atoms with E-state index in [9.17, 15) is 28.0 Å². The van der Waals surface area contributed by atoms with Crippen molar-refractivity contribution in [3.63, 3.8) is 0 Å². The standard InChI is InChI=1S/C24H17FN4O2.C23H25BN4O3.C7H4BrFO/c25-18-6-7-19(17(9-18)13-30)14-5-8-21-20(10-14)22(28-24(26)27-21)23(31)29-11-15-3-1-2-4-16(15)12-29;1-22(2)23(3,4)31-24(30-22)16-9-10-18-17(11-16)19(27-21(25)26-18)20(29)28-12-14-7-5-6-8-15(14)13-28;8-7-2-1-6(9)3-5(7)4-10/h1-10,13H,11-12H2,(H2,26,27,28);5-11H,12-13H2,1-4H3,(H2,25,26,27);1-4H. The van der Waals surface area contributed by atoms with E-state index in [0.29, 0.717) is 87.4 Å². The maximum absolute atomic E-state index is 13.6. The summed E-state index contributed by atoms with van der Waals surface area (Å²) in [5.74, 6) is -1.22. The fourth-order valence-electron chi connectivity index (χ4n) is 8.68. The first-order chi connectivity index (χ1) is 34.4. The molecule has 0 saturated carbocycles. The van der Waals surface area contributed by atoms with E-state index in [1.165, 1.54) is 36.4 Å². The zero-order valence-electron chi connectivity index (χ0n) is 39.5. The van der Waals surface area contributed by atoms with Crippen LogP contribution in [0.2, 0.25) is 0 Å². The van der Waals surface area contributed by atoms with Gasteiger partial charge >= 0.3 is 7.12 Å². The Labute approximate surface area is 421 Å². The number of rotatable bonds is 6. The van der Waals surface area contributed by atoms with Crippen molar-refractivity contribution in [3.05, 3.63) is 182 Å². The largest absolute Gasteiger partial charge is 0.494 e. The van der Waals surface area contributed by atoms with Gasteiger partial charge in [-0.3, -0.25) is 19.2 Å². The first-order valence-corrected chi connectivity index (χ1v) is 23.6. The van der Waals surface area contributed by atoms with Gasteiger partial charge in [-0.15, -0.1) is 0 Å². The zero-order chi connectivity index (χ0) is 51.1. The molecule has 1 saturated heterocycles. The molecule has 3 aliphatic rings. The van der Waals surface area contributed by atoms with Crippen molar-refractivity contribution in [3.8, 4) is 11.1 Å². The molecule has 0 unspecified atom stereocenters. The van der Waals surface area contributed by atoms with Crippen molar-refractivity contribution in [2.24, 2.45) is 0 Å². The van der Waals surface area contributed by atoms with Crippen LogP contribution in [0.1, 0.15) is 91.6 Å². The minimum Gasteiger partial charge on any atom is -0.399 e. The van der Waals surface area contributed by atoms with Crippen molar-refractivity contribution < 1.29 is 37.3 Å². The van der Waals surface area contributed by atoms with Gasteiger partial charge in [0.25, 0.3) is 11.8 Å². The molecule has 8 aromatic rings. The second-order valence-corrected chi connectivity index (χ2v) is 19.3. The number of hydrogen-bond donors (Lipinski definition) is 2. The van der Waals surface area contributed by atoms with Gasteiger partial charge in [-0.1, -0.05) is 88.7 Å². The Morgan fingerprint density at radius 3 is 1.51 bits per heavy atom. The number of aldehydes is 2. The highest BCUT2D eigenvalue weighted by Gasteiger charge is 2.51. The predicted octanol–water partition coefficient (Wildman–Crippen LogP) is 9.05. The molecule has 72 heavy (non-hydrogen) atoms. The summed E-state index contributed by atoms with van der Waals surface area (Å²) in [4.78, 5) is 69.1. The van der Waals surface area contributed by atoms with Gasteiger partial charge in [-0.25, -0.2) is 28.7 Å². The molecule has 0 spiro atoms. The number of amides is 2. The molecule has 0 radical (unpaired) electrons. The Bertz CT molecular complexity index is 3420. The van der Waals surface area contributed by atoms with Gasteiger partial charge in [-0.2, -0.15) is 0 Å². The highest BCUT2D eigenvalue weighted by Crippen LogP contribution is 2.37. The fraction of sp³-hybridized carbons (Fsp3) is 0.185. The molecule has 2 aromatic heterocycles. The van der Waals surface area contributed by atoms with E-state index in [1.807, 2.05) is 94.4 Å². The maximum Gasteiger partial charge on any atom is 0.494 e. The highest BCUT2D eigenvalue weighted by molar-refractivity contribution is 9.10. The molecule has 0 bridgehead atoms. The van der Waals surface area contributed by atoms with Gasteiger partial charge in [0.05, 0.1) is 22.2 Å². The van der Waals surface area contributed by atoms with Crippen LogP contribution in [-0.4, -0.2) is 72.4 Å². The highest BCUT2D eigenvalue weighted by atomic mass is 79.9. The average Bonchev–Trinajstić information content (AvgIpc) is 4.07. The predicted molar refractivity (Wildman–Crippen MR) is 274 cm³/mol. The number of carbonyl (C=O) groups is 4. The number of carbonyl (C=O) groups excluding carboxylic acids is 4. The molecule has 3 aliphatic heterocycles. The molecule has 362 valence electrons. The summed E-state index contributed by atoms with van der Waals surface area (Å²) in [7, 11) is -0.536. The lowest BCUT2D eigenvalue weighted by molar-refractivity contribution is 0.00578. The molecule has 4 N–H and O–H groups in total. The SMILES string of the molecule is CC1(C)OB(c2ccc3nc(N)nc(C(=O)N4Cc5ccccc5C4)c3c2)OC1(C)C.Nc1nc(C(=O)N2Cc3ccccc3C2)c2cc(-c3ccc(F)cc3C=O)ccc2n1.O=Cc1cc(F)ccc1Br. The number of aromatic nitrogens is 4. The van der Waals surface area contributed by atoms with Crippen LogP contribution in [0.4, 0.5) is 20.7 Å². The van der Waals surface area contributed by atoms with Crippen LogP contribution in [0.5, 0.6) is 0 Å². The number of anilines is 2. The van der Waals surface area contributed by atoms with Crippen LogP contribution in [0.15, 0.2) is 126 Å². The van der Waals surface area contributed by atoms with Crippen molar-refractivity contribution in [2.45, 2.75) is 65.1 Å². The van der Waals surface area contributed by atoms with Crippen molar-refractivity contribution >= 4 is 86.6 Å². The number of nitrogen functional groups attached to an aromatic ring is 2. The second kappa shape index (κ2) is 19.8. The lowest BCUT2D eigenvalue weighted by atomic mass is 9.78. The molecule has 11 rings (SSSR count). The summed E-state index contributed by atoms with van der Waals surface area (Å²) in [6.45, 7) is 10.1. The van der Waals surface area contributed by atoms with Crippen LogP contribution in [0.25, 0.3) is 32.9 Å². The van der Waals surface area contributed by atoms with E-state index in [4.69, 9.17) is 20.8 Å². The topological polar surface area (TPSA) is 197 Å². The van der Waals surface area contributed by atoms with E-state index < -0.39 is 30.0 Å². The number of benzene rings is 6. The average molecular weight is 1030 g/mol. The molecule has 0 aliphatic carbocycles. The lowest BCUT2D eigenvalue weighted by Crippen LogP contribution is -2.41. The van der Waals surface area contributed by atoms with Crippen LogP contribution >= 0.6 is 15.9 Å². The zero-order valence-corrected chi connectivity index (χ0v) is 41.1. The minimum absolute atomic E-state index is 0.00988. The molecule has 2 amide bonds. The summed E-state index contributed by atoms with van der Waals surface area (Å²) in [5.41, 5.74) is 19.6. The monoisotopic (exact) mass is 1030 g/mol. The van der Waals surface area contributed by atoms with E-state index in [0.717, 1.165) is 27.7 Å². The number of hydrogen-bond acceptors (Lipinski definition) is 12. The third-order valence-electron chi connectivity index (χ3n) is 13.2. The van der Waals surface area contributed by atoms with E-state index in [-0.39, 0.29) is 35.0 Å². The molecule has 18 heteroatoms. The van der Waals surface area contributed by atoms with Gasteiger partial charge < -0.3 is 30.6 Å². The first kappa shape index (κ1) is 49.2. The Morgan fingerprint density at radius 1 is 0.597 bits per heavy atom. The lowest BCUT2D eigenvalue weighted by Gasteiger charge is -2.32. The molecule has 6 aromatic carbocycles. The summed E-state index contributed by atoms with van der Waals surface area (Å²) < 4.78 is 38.9. The Morgan fingerprint density at radius 2 is 1.04 bits per heavy atom. The number of halogens is 3. The van der Waals surface area contributed by atoms with Crippen molar-refractivity contribution in [1.29, 1.82) is 0 Å². The Balaban J connectivity index is 0.000000149. The molecule has 5 heterocycles. The smallest absolute Gasteiger partial charge is 0.399 e. The fourth-order valence-corrected chi connectivity index (χ4v) is 9.02. The summed E-state index contributed by atoms with van der Waals surface area (Å²) in [6.07, 6.45) is 1.21. The normalized spacial score (nSPS) is 15.0. The molecular weight excluding hydrogens is 985 g/mol. The molecule has 1 fully saturated rings. The molecule has 0 atom stereocenters. The van der Waals surface area contributed by atoms with Crippen LogP contribution in [-0.2, 0) is 35.5 Å². The van der Waals surface area contributed by atoms with Crippen LogP contribution < -0.4 is 16.9 Å². The first-order valence-electron chi connectivity index (χ1n) is 22.8. The van der Waals surface area contributed by atoms with Crippen molar-refractivity contribution in [1.82, 2.24) is 29.7 Å². The Kier molecular flexibility index (Phi) is 13.5. The maximum atomic E-state index is 13.6.